The predicted molar refractivity (Wildman–Crippen MR) is 101 cm³/mol. The van der Waals surface area contributed by atoms with E-state index in [0.29, 0.717) is 5.56 Å². The molecular formula is C21H27NO5. The lowest BCUT2D eigenvalue weighted by atomic mass is 10.1. The summed E-state index contributed by atoms with van der Waals surface area (Å²) in [6, 6.07) is 8.87. The van der Waals surface area contributed by atoms with Crippen molar-refractivity contribution < 1.29 is 23.9 Å². The van der Waals surface area contributed by atoms with Crippen LogP contribution in [0.1, 0.15) is 37.0 Å². The summed E-state index contributed by atoms with van der Waals surface area (Å²) in [5.41, 5.74) is -0.414. The van der Waals surface area contributed by atoms with E-state index in [9.17, 15) is 4.79 Å². The van der Waals surface area contributed by atoms with E-state index in [1.54, 1.807) is 24.3 Å². The molecule has 4 atom stereocenters. The summed E-state index contributed by atoms with van der Waals surface area (Å²) in [5.74, 6) is -0.371. The van der Waals surface area contributed by atoms with Crippen molar-refractivity contribution >= 4 is 5.91 Å². The maximum atomic E-state index is 12.8. The molecule has 0 saturated carbocycles. The quantitative estimate of drug-likeness (QED) is 0.338. The Morgan fingerprint density at radius 3 is 1.96 bits per heavy atom. The van der Waals surface area contributed by atoms with Crippen molar-refractivity contribution in [1.82, 2.24) is 5.23 Å². The Balaban J connectivity index is 1.61. The van der Waals surface area contributed by atoms with Gasteiger partial charge < -0.3 is 9.47 Å². The number of carbonyl (C=O) groups excluding carboxylic acids is 1. The topological polar surface area (TPSA) is 63.8 Å². The van der Waals surface area contributed by atoms with Crippen molar-refractivity contribution in [2.24, 2.45) is 0 Å². The van der Waals surface area contributed by atoms with Crippen molar-refractivity contribution in [2.45, 2.75) is 50.1 Å². The van der Waals surface area contributed by atoms with Gasteiger partial charge in [0.05, 0.1) is 12.2 Å². The van der Waals surface area contributed by atoms with Crippen molar-refractivity contribution in [3.05, 3.63) is 61.2 Å². The average molecular weight is 373 g/mol. The van der Waals surface area contributed by atoms with Crippen LogP contribution in [0.3, 0.4) is 0 Å². The number of ether oxygens (including phenoxy) is 2. The Hall–Kier alpha value is -1.99. The monoisotopic (exact) mass is 373 g/mol. The second-order valence-corrected chi connectivity index (χ2v) is 7.36. The Kier molecular flexibility index (Phi) is 5.81. The van der Waals surface area contributed by atoms with Gasteiger partial charge in [0.25, 0.3) is 0 Å². The maximum Gasteiger partial charge on any atom is 0.303 e. The summed E-state index contributed by atoms with van der Waals surface area (Å²) in [7, 11) is 0. The van der Waals surface area contributed by atoms with E-state index < -0.39 is 11.2 Å². The van der Waals surface area contributed by atoms with Crippen molar-refractivity contribution in [1.29, 1.82) is 0 Å². The van der Waals surface area contributed by atoms with Gasteiger partial charge in [-0.3, -0.25) is 4.79 Å². The molecule has 0 aromatic heterocycles. The highest BCUT2D eigenvalue weighted by molar-refractivity contribution is 5.92. The van der Waals surface area contributed by atoms with Crippen LogP contribution >= 0.6 is 0 Å². The van der Waals surface area contributed by atoms with Gasteiger partial charge in [-0.25, -0.2) is 9.68 Å². The van der Waals surface area contributed by atoms with Gasteiger partial charge in [0.15, 0.2) is 0 Å². The third kappa shape index (κ3) is 4.65. The molecule has 1 aromatic carbocycles. The molecule has 2 aliphatic heterocycles. The van der Waals surface area contributed by atoms with Crippen LogP contribution in [0.5, 0.6) is 0 Å². The zero-order valence-corrected chi connectivity index (χ0v) is 15.9. The van der Waals surface area contributed by atoms with Crippen molar-refractivity contribution in [3.8, 4) is 0 Å². The van der Waals surface area contributed by atoms with Crippen LogP contribution < -0.4 is 0 Å². The summed E-state index contributed by atoms with van der Waals surface area (Å²) in [4.78, 5) is 24.2. The van der Waals surface area contributed by atoms with Crippen LogP contribution in [0.4, 0.5) is 0 Å². The molecular weight excluding hydrogens is 346 g/mol. The summed E-state index contributed by atoms with van der Waals surface area (Å²) < 4.78 is 11.3. The molecule has 0 aliphatic carbocycles. The second-order valence-electron chi connectivity index (χ2n) is 7.36. The Morgan fingerprint density at radius 1 is 1.04 bits per heavy atom. The van der Waals surface area contributed by atoms with Crippen LogP contribution in [0.25, 0.3) is 0 Å². The van der Waals surface area contributed by atoms with Gasteiger partial charge in [0, 0.05) is 5.56 Å². The van der Waals surface area contributed by atoms with E-state index in [0.717, 1.165) is 18.1 Å². The zero-order valence-electron chi connectivity index (χ0n) is 15.9. The number of hydrogen-bond acceptors (Lipinski definition) is 5. The van der Waals surface area contributed by atoms with Crippen molar-refractivity contribution in [2.75, 3.05) is 13.2 Å². The molecule has 6 nitrogen and oxygen atoms in total. The van der Waals surface area contributed by atoms with E-state index in [2.05, 4.69) is 13.2 Å². The van der Waals surface area contributed by atoms with Gasteiger partial charge in [-0.1, -0.05) is 35.6 Å². The SMILES string of the molecule is C=CCC1OC1(C)CON(OCC1(C)OC1CC=C)C(=O)c1ccccc1. The van der Waals surface area contributed by atoms with Gasteiger partial charge >= 0.3 is 5.91 Å². The number of amides is 1. The molecule has 6 heteroatoms. The molecule has 0 spiro atoms. The number of rotatable bonds is 11. The first-order chi connectivity index (χ1) is 12.9. The molecule has 146 valence electrons. The predicted octanol–water partition coefficient (Wildman–Crippen LogP) is 3.46. The minimum absolute atomic E-state index is 0.0462. The van der Waals surface area contributed by atoms with Crippen LogP contribution in [0.15, 0.2) is 55.6 Å². The molecule has 3 rings (SSSR count). The number of nitrogens with zero attached hydrogens (tertiary/aromatic N) is 1. The Morgan fingerprint density at radius 2 is 1.52 bits per heavy atom. The van der Waals surface area contributed by atoms with E-state index in [-0.39, 0.29) is 31.3 Å². The Bertz CT molecular complexity index is 659. The molecule has 0 bridgehead atoms. The highest BCUT2D eigenvalue weighted by atomic mass is 17.0. The molecule has 0 radical (unpaired) electrons. The largest absolute Gasteiger partial charge is 0.363 e. The minimum atomic E-state index is -0.446. The van der Waals surface area contributed by atoms with E-state index in [4.69, 9.17) is 19.1 Å². The number of hydrogen-bond donors (Lipinski definition) is 0. The Labute approximate surface area is 160 Å². The normalized spacial score (nSPS) is 31.2. The molecule has 0 N–H and O–H groups in total. The van der Waals surface area contributed by atoms with Gasteiger partial charge in [-0.2, -0.15) is 0 Å². The smallest absolute Gasteiger partial charge is 0.303 e. The zero-order chi connectivity index (χ0) is 19.5. The van der Waals surface area contributed by atoms with E-state index in [1.807, 2.05) is 32.1 Å². The highest BCUT2D eigenvalue weighted by Crippen LogP contribution is 2.40. The first kappa shape index (κ1) is 19.8. The minimum Gasteiger partial charge on any atom is -0.363 e. The summed E-state index contributed by atoms with van der Waals surface area (Å²) in [5, 5.41) is 0.950. The summed E-state index contributed by atoms with van der Waals surface area (Å²) >= 11 is 0. The molecule has 27 heavy (non-hydrogen) atoms. The van der Waals surface area contributed by atoms with Crippen molar-refractivity contribution in [3.63, 3.8) is 0 Å². The molecule has 4 unspecified atom stereocenters. The standard InChI is InChI=1S/C21H27NO5/c1-5-10-17-20(3,26-17)14-24-22(19(23)16-12-8-7-9-13-16)25-15-21(4)18(27-21)11-6-2/h5-9,12-13,17-18H,1-2,10-11,14-15H2,3-4H3. The lowest BCUT2D eigenvalue weighted by Crippen LogP contribution is -2.37. The molecule has 2 saturated heterocycles. The van der Waals surface area contributed by atoms with Crippen LogP contribution in [-0.4, -0.2) is 47.8 Å². The van der Waals surface area contributed by atoms with E-state index >= 15 is 0 Å². The van der Waals surface area contributed by atoms with Crippen LogP contribution in [-0.2, 0) is 19.1 Å². The third-order valence-electron chi connectivity index (χ3n) is 4.96. The van der Waals surface area contributed by atoms with E-state index in [1.165, 1.54) is 0 Å². The maximum absolute atomic E-state index is 12.8. The average Bonchev–Trinajstić information content (AvgIpc) is 3.52. The lowest BCUT2D eigenvalue weighted by molar-refractivity contribution is -0.335. The van der Waals surface area contributed by atoms with Gasteiger partial charge in [0.1, 0.15) is 24.4 Å². The molecule has 1 amide bonds. The number of carbonyl (C=O) groups is 1. The lowest BCUT2D eigenvalue weighted by Gasteiger charge is -2.23. The number of epoxide rings is 2. The van der Waals surface area contributed by atoms with Gasteiger partial charge in [-0.05, 0) is 38.8 Å². The number of benzene rings is 1. The van der Waals surface area contributed by atoms with Gasteiger partial charge in [-0.15, -0.1) is 13.2 Å². The fourth-order valence-corrected chi connectivity index (χ4v) is 2.95. The fourth-order valence-electron chi connectivity index (χ4n) is 2.95. The molecule has 2 fully saturated rings. The second kappa shape index (κ2) is 7.94. The number of hydroxylamine groups is 2. The summed E-state index contributed by atoms with van der Waals surface area (Å²) in [6.07, 6.45) is 5.19. The molecule has 1 aromatic rings. The van der Waals surface area contributed by atoms with Crippen LogP contribution in [0, 0.1) is 0 Å². The third-order valence-corrected chi connectivity index (χ3v) is 4.96. The fraction of sp³-hybridized carbons (Fsp3) is 0.476. The first-order valence-corrected chi connectivity index (χ1v) is 9.14. The first-order valence-electron chi connectivity index (χ1n) is 9.14. The van der Waals surface area contributed by atoms with Crippen LogP contribution in [0.2, 0.25) is 0 Å². The summed E-state index contributed by atoms with van der Waals surface area (Å²) in [6.45, 7) is 11.7. The highest BCUT2D eigenvalue weighted by Gasteiger charge is 2.54. The molecule has 2 aliphatic rings. The molecule has 2 heterocycles. The van der Waals surface area contributed by atoms with Gasteiger partial charge in [0.2, 0.25) is 0 Å².